The number of rotatable bonds is 5. The number of hydrogen-bond donors (Lipinski definition) is 4. The SMILES string of the molecule is C[C@@H](NC(=O)[C@H](O)[C@@H](O)C(=O)O)c1cccc2ccccc12. The van der Waals surface area contributed by atoms with Gasteiger partial charge in [-0.25, -0.2) is 4.79 Å². The van der Waals surface area contributed by atoms with E-state index in [1.54, 1.807) is 6.92 Å². The Bertz CT molecular complexity index is 695. The molecule has 6 heteroatoms. The first-order chi connectivity index (χ1) is 10.4. The van der Waals surface area contributed by atoms with Crippen molar-refractivity contribution in [1.29, 1.82) is 0 Å². The maximum Gasteiger partial charge on any atom is 0.335 e. The Hall–Kier alpha value is -2.44. The van der Waals surface area contributed by atoms with Gasteiger partial charge in [0.1, 0.15) is 0 Å². The molecule has 22 heavy (non-hydrogen) atoms. The molecule has 116 valence electrons. The summed E-state index contributed by atoms with van der Waals surface area (Å²) in [5, 5.41) is 31.8. The van der Waals surface area contributed by atoms with E-state index >= 15 is 0 Å². The van der Waals surface area contributed by atoms with Crippen molar-refractivity contribution in [2.75, 3.05) is 0 Å². The van der Waals surface area contributed by atoms with Gasteiger partial charge in [0.25, 0.3) is 5.91 Å². The number of aliphatic hydroxyl groups is 2. The molecule has 0 aliphatic carbocycles. The van der Waals surface area contributed by atoms with Crippen LogP contribution in [0.25, 0.3) is 10.8 Å². The molecule has 0 radical (unpaired) electrons. The predicted octanol–water partition coefficient (Wildman–Crippen LogP) is 0.823. The Labute approximate surface area is 127 Å². The van der Waals surface area contributed by atoms with Gasteiger partial charge in [-0.15, -0.1) is 0 Å². The van der Waals surface area contributed by atoms with Gasteiger partial charge in [-0.05, 0) is 23.3 Å². The molecule has 2 rings (SSSR count). The van der Waals surface area contributed by atoms with Crippen molar-refractivity contribution in [3.8, 4) is 0 Å². The number of carbonyl (C=O) groups excluding carboxylic acids is 1. The standard InChI is InChI=1S/C16H17NO5/c1-9(17-15(20)13(18)14(19)16(21)22)11-8-4-6-10-5-2-3-7-12(10)11/h2-9,13-14,18-19H,1H3,(H,17,20)(H,21,22)/t9-,13-,14-/m1/s1. The molecule has 3 atom stereocenters. The third-order valence-electron chi connectivity index (χ3n) is 3.47. The second kappa shape index (κ2) is 6.55. The number of carbonyl (C=O) groups is 2. The zero-order valence-electron chi connectivity index (χ0n) is 11.9. The molecule has 0 bridgehead atoms. The van der Waals surface area contributed by atoms with Crippen molar-refractivity contribution >= 4 is 22.6 Å². The highest BCUT2D eigenvalue weighted by Crippen LogP contribution is 2.24. The quantitative estimate of drug-likeness (QED) is 0.654. The number of aliphatic carboxylic acids is 1. The molecular formula is C16H17NO5. The first kappa shape index (κ1) is 15.9. The summed E-state index contributed by atoms with van der Waals surface area (Å²) in [6.07, 6.45) is -4.17. The highest BCUT2D eigenvalue weighted by molar-refractivity contribution is 5.89. The van der Waals surface area contributed by atoms with E-state index < -0.39 is 30.1 Å². The minimum atomic E-state index is -2.15. The molecule has 0 fully saturated rings. The van der Waals surface area contributed by atoms with Crippen molar-refractivity contribution in [3.63, 3.8) is 0 Å². The van der Waals surface area contributed by atoms with E-state index in [4.69, 9.17) is 5.11 Å². The van der Waals surface area contributed by atoms with E-state index in [0.29, 0.717) is 0 Å². The lowest BCUT2D eigenvalue weighted by atomic mass is 9.99. The van der Waals surface area contributed by atoms with Crippen LogP contribution in [0.15, 0.2) is 42.5 Å². The van der Waals surface area contributed by atoms with Crippen LogP contribution in [0.2, 0.25) is 0 Å². The smallest absolute Gasteiger partial charge is 0.335 e. The highest BCUT2D eigenvalue weighted by atomic mass is 16.4. The lowest BCUT2D eigenvalue weighted by molar-refractivity contribution is -0.158. The molecule has 2 aromatic carbocycles. The van der Waals surface area contributed by atoms with Crippen LogP contribution >= 0.6 is 0 Å². The summed E-state index contributed by atoms with van der Waals surface area (Å²) in [4.78, 5) is 22.4. The number of benzene rings is 2. The summed E-state index contributed by atoms with van der Waals surface area (Å²) >= 11 is 0. The van der Waals surface area contributed by atoms with Crippen molar-refractivity contribution in [2.24, 2.45) is 0 Å². The van der Waals surface area contributed by atoms with Crippen LogP contribution in [0, 0.1) is 0 Å². The average molecular weight is 303 g/mol. The fraction of sp³-hybridized carbons (Fsp3) is 0.250. The molecule has 0 aliphatic heterocycles. The molecule has 0 saturated heterocycles. The number of aliphatic hydroxyl groups excluding tert-OH is 2. The van der Waals surface area contributed by atoms with E-state index in [-0.39, 0.29) is 0 Å². The number of fused-ring (bicyclic) bond motifs is 1. The number of carboxylic acid groups (broad SMARTS) is 1. The van der Waals surface area contributed by atoms with Crippen molar-refractivity contribution in [1.82, 2.24) is 5.32 Å². The van der Waals surface area contributed by atoms with Crippen LogP contribution in [0.4, 0.5) is 0 Å². The summed E-state index contributed by atoms with van der Waals surface area (Å²) in [6, 6.07) is 12.8. The lowest BCUT2D eigenvalue weighted by Crippen LogP contribution is -2.46. The number of amides is 1. The lowest BCUT2D eigenvalue weighted by Gasteiger charge is -2.20. The van der Waals surface area contributed by atoms with Crippen molar-refractivity contribution < 1.29 is 24.9 Å². The van der Waals surface area contributed by atoms with E-state index in [0.717, 1.165) is 16.3 Å². The summed E-state index contributed by atoms with van der Waals surface area (Å²) in [5.41, 5.74) is 0.837. The minimum Gasteiger partial charge on any atom is -0.479 e. The fourth-order valence-corrected chi connectivity index (χ4v) is 2.28. The maximum atomic E-state index is 11.8. The summed E-state index contributed by atoms with van der Waals surface area (Å²) < 4.78 is 0. The highest BCUT2D eigenvalue weighted by Gasteiger charge is 2.30. The van der Waals surface area contributed by atoms with Crippen LogP contribution in [0.3, 0.4) is 0 Å². The van der Waals surface area contributed by atoms with Crippen LogP contribution in [-0.4, -0.2) is 39.4 Å². The Morgan fingerprint density at radius 2 is 1.64 bits per heavy atom. The molecule has 0 aromatic heterocycles. The molecule has 0 unspecified atom stereocenters. The maximum absolute atomic E-state index is 11.8. The number of hydrogen-bond acceptors (Lipinski definition) is 4. The van der Waals surface area contributed by atoms with Gasteiger partial charge < -0.3 is 20.6 Å². The topological polar surface area (TPSA) is 107 Å². The molecule has 0 heterocycles. The number of nitrogens with one attached hydrogen (secondary N) is 1. The Balaban J connectivity index is 2.19. The van der Waals surface area contributed by atoms with Crippen molar-refractivity contribution in [3.05, 3.63) is 48.0 Å². The molecule has 4 N–H and O–H groups in total. The molecule has 2 aromatic rings. The van der Waals surface area contributed by atoms with E-state index in [2.05, 4.69) is 5.32 Å². The van der Waals surface area contributed by atoms with Gasteiger partial charge in [-0.1, -0.05) is 42.5 Å². The monoisotopic (exact) mass is 303 g/mol. The second-order valence-electron chi connectivity index (χ2n) is 5.03. The molecule has 0 saturated carbocycles. The molecule has 0 spiro atoms. The minimum absolute atomic E-state index is 0.450. The zero-order chi connectivity index (χ0) is 16.3. The van der Waals surface area contributed by atoms with Gasteiger partial charge in [-0.2, -0.15) is 0 Å². The van der Waals surface area contributed by atoms with Crippen LogP contribution in [-0.2, 0) is 9.59 Å². The first-order valence-electron chi connectivity index (χ1n) is 6.79. The molecule has 0 aliphatic rings. The van der Waals surface area contributed by atoms with E-state index in [1.807, 2.05) is 42.5 Å². The second-order valence-corrected chi connectivity index (χ2v) is 5.03. The van der Waals surface area contributed by atoms with Crippen LogP contribution in [0.5, 0.6) is 0 Å². The summed E-state index contributed by atoms with van der Waals surface area (Å²) in [6.45, 7) is 1.72. The van der Waals surface area contributed by atoms with E-state index in [9.17, 15) is 19.8 Å². The predicted molar refractivity (Wildman–Crippen MR) is 80.2 cm³/mol. The molecular weight excluding hydrogens is 286 g/mol. The Morgan fingerprint density at radius 3 is 2.32 bits per heavy atom. The van der Waals surface area contributed by atoms with Crippen LogP contribution < -0.4 is 5.32 Å². The number of carboxylic acids is 1. The Kier molecular flexibility index (Phi) is 4.75. The summed E-state index contributed by atoms with van der Waals surface area (Å²) in [7, 11) is 0. The van der Waals surface area contributed by atoms with Gasteiger partial charge in [0, 0.05) is 0 Å². The van der Waals surface area contributed by atoms with Crippen molar-refractivity contribution in [2.45, 2.75) is 25.2 Å². The van der Waals surface area contributed by atoms with E-state index in [1.165, 1.54) is 0 Å². The van der Waals surface area contributed by atoms with Crippen LogP contribution in [0.1, 0.15) is 18.5 Å². The molecule has 1 amide bonds. The zero-order valence-corrected chi connectivity index (χ0v) is 11.9. The molecule has 6 nitrogen and oxygen atoms in total. The fourth-order valence-electron chi connectivity index (χ4n) is 2.28. The average Bonchev–Trinajstić information content (AvgIpc) is 2.52. The largest absolute Gasteiger partial charge is 0.479 e. The van der Waals surface area contributed by atoms with Gasteiger partial charge in [0.2, 0.25) is 0 Å². The van der Waals surface area contributed by atoms with Gasteiger partial charge in [0.05, 0.1) is 6.04 Å². The van der Waals surface area contributed by atoms with Gasteiger partial charge in [-0.3, -0.25) is 4.79 Å². The Morgan fingerprint density at radius 1 is 1.00 bits per heavy atom. The third kappa shape index (κ3) is 3.24. The van der Waals surface area contributed by atoms with Gasteiger partial charge >= 0.3 is 5.97 Å². The summed E-state index contributed by atoms with van der Waals surface area (Å²) in [5.74, 6) is -2.59. The van der Waals surface area contributed by atoms with Gasteiger partial charge in [0.15, 0.2) is 12.2 Å². The normalized spacial score (nSPS) is 15.0. The third-order valence-corrected chi connectivity index (χ3v) is 3.47. The first-order valence-corrected chi connectivity index (χ1v) is 6.79.